The average Bonchev–Trinajstić information content (AvgIpc) is 2.67. The normalized spacial score (nSPS) is 10.8. The number of nitrogens with one attached hydrogen (secondary N) is 1. The van der Waals surface area contributed by atoms with Crippen LogP contribution in [0.1, 0.15) is 17.5 Å². The van der Waals surface area contributed by atoms with Crippen LogP contribution in [-0.2, 0) is 6.42 Å². The Morgan fingerprint density at radius 3 is 2.50 bits per heavy atom. The minimum Gasteiger partial charge on any atom is -0.494 e. The molecule has 26 heavy (non-hydrogen) atoms. The van der Waals surface area contributed by atoms with Gasteiger partial charge in [-0.15, -0.1) is 0 Å². The molecule has 132 valence electrons. The zero-order chi connectivity index (χ0) is 18.0. The summed E-state index contributed by atoms with van der Waals surface area (Å²) < 4.78 is 5.79. The first-order valence-electron chi connectivity index (χ1n) is 8.61. The number of benzene rings is 3. The molecule has 3 rings (SSSR count). The van der Waals surface area contributed by atoms with E-state index in [4.69, 9.17) is 16.3 Å². The quantitative estimate of drug-likeness (QED) is 0.311. The highest BCUT2D eigenvalue weighted by Crippen LogP contribution is 2.15. The minimum atomic E-state index is 0.680. The molecule has 0 spiro atoms. The highest BCUT2D eigenvalue weighted by molar-refractivity contribution is 6.30. The highest BCUT2D eigenvalue weighted by atomic mass is 35.5. The Bertz CT molecular complexity index is 832. The van der Waals surface area contributed by atoms with Crippen LogP contribution >= 0.6 is 11.6 Å². The first-order valence-corrected chi connectivity index (χ1v) is 8.99. The molecule has 3 nitrogen and oxygen atoms in total. The molecule has 0 fully saturated rings. The van der Waals surface area contributed by atoms with Gasteiger partial charge in [0.1, 0.15) is 5.75 Å². The van der Waals surface area contributed by atoms with Gasteiger partial charge in [0.2, 0.25) is 0 Å². The maximum atomic E-state index is 5.94. The summed E-state index contributed by atoms with van der Waals surface area (Å²) in [6.45, 7) is 0.707. The van der Waals surface area contributed by atoms with E-state index in [0.29, 0.717) is 11.6 Å². The van der Waals surface area contributed by atoms with Gasteiger partial charge in [-0.25, -0.2) is 0 Å². The summed E-state index contributed by atoms with van der Waals surface area (Å²) in [5.41, 5.74) is 6.15. The van der Waals surface area contributed by atoms with Gasteiger partial charge in [0, 0.05) is 5.02 Å². The number of nitrogens with zero attached hydrogens (tertiary/aromatic N) is 1. The second kappa shape index (κ2) is 9.64. The standard InChI is InChI=1S/C22H21ClN2O/c23-20-9-4-10-21(16-20)25-24-17-19-11-13-22(14-12-19)26-15-5-8-18-6-2-1-3-7-18/h1-4,6-7,9-14,16-17,25H,5,8,15H2. The second-order valence-corrected chi connectivity index (χ2v) is 6.32. The van der Waals surface area contributed by atoms with Crippen molar-refractivity contribution < 1.29 is 4.74 Å². The van der Waals surface area contributed by atoms with Crippen molar-refractivity contribution in [1.82, 2.24) is 0 Å². The number of hydrazone groups is 1. The van der Waals surface area contributed by atoms with Gasteiger partial charge in [0.25, 0.3) is 0 Å². The van der Waals surface area contributed by atoms with E-state index in [9.17, 15) is 0 Å². The molecule has 0 saturated heterocycles. The molecule has 0 unspecified atom stereocenters. The number of ether oxygens (including phenoxy) is 1. The highest BCUT2D eigenvalue weighted by Gasteiger charge is 1.96. The van der Waals surface area contributed by atoms with E-state index in [1.54, 1.807) is 6.21 Å². The molecule has 0 aromatic heterocycles. The average molecular weight is 365 g/mol. The van der Waals surface area contributed by atoms with Crippen LogP contribution < -0.4 is 10.2 Å². The van der Waals surface area contributed by atoms with E-state index < -0.39 is 0 Å². The van der Waals surface area contributed by atoms with Gasteiger partial charge < -0.3 is 4.74 Å². The Hall–Kier alpha value is -2.78. The molecule has 0 radical (unpaired) electrons. The Labute approximate surface area is 159 Å². The van der Waals surface area contributed by atoms with Gasteiger partial charge >= 0.3 is 0 Å². The predicted molar refractivity (Wildman–Crippen MR) is 109 cm³/mol. The molecule has 3 aromatic carbocycles. The third kappa shape index (κ3) is 5.94. The molecule has 1 N–H and O–H groups in total. The molecular formula is C22H21ClN2O. The van der Waals surface area contributed by atoms with Gasteiger partial charge in [0.15, 0.2) is 0 Å². The van der Waals surface area contributed by atoms with Crippen LogP contribution in [0.25, 0.3) is 0 Å². The van der Waals surface area contributed by atoms with E-state index >= 15 is 0 Å². The lowest BCUT2D eigenvalue weighted by Crippen LogP contribution is -1.99. The van der Waals surface area contributed by atoms with Gasteiger partial charge in [-0.1, -0.05) is 48.0 Å². The van der Waals surface area contributed by atoms with Crippen molar-refractivity contribution in [2.45, 2.75) is 12.8 Å². The van der Waals surface area contributed by atoms with Crippen molar-refractivity contribution in [2.75, 3.05) is 12.0 Å². The van der Waals surface area contributed by atoms with Gasteiger partial charge in [-0.2, -0.15) is 5.10 Å². The third-order valence-corrected chi connectivity index (χ3v) is 4.07. The molecule has 0 atom stereocenters. The van der Waals surface area contributed by atoms with Crippen LogP contribution in [0, 0.1) is 0 Å². The summed E-state index contributed by atoms with van der Waals surface area (Å²) in [6.07, 6.45) is 3.79. The summed E-state index contributed by atoms with van der Waals surface area (Å²) in [5.74, 6) is 0.873. The van der Waals surface area contributed by atoms with Crippen LogP contribution in [0.3, 0.4) is 0 Å². The summed E-state index contributed by atoms with van der Waals surface area (Å²) in [7, 11) is 0. The van der Waals surface area contributed by atoms with E-state index in [1.165, 1.54) is 5.56 Å². The molecule has 0 amide bonds. The number of aryl methyl sites for hydroxylation is 1. The van der Waals surface area contributed by atoms with Crippen LogP contribution in [0.5, 0.6) is 5.75 Å². The number of anilines is 1. The topological polar surface area (TPSA) is 33.6 Å². The van der Waals surface area contributed by atoms with E-state index in [-0.39, 0.29) is 0 Å². The Balaban J connectivity index is 1.42. The zero-order valence-corrected chi connectivity index (χ0v) is 15.2. The van der Waals surface area contributed by atoms with E-state index in [2.05, 4.69) is 34.8 Å². The summed E-state index contributed by atoms with van der Waals surface area (Å²) in [6, 6.07) is 25.8. The first-order chi connectivity index (χ1) is 12.8. The molecular weight excluding hydrogens is 344 g/mol. The fraction of sp³-hybridized carbons (Fsp3) is 0.136. The van der Waals surface area contributed by atoms with Gasteiger partial charge in [-0.05, 0) is 66.4 Å². The lowest BCUT2D eigenvalue weighted by atomic mass is 10.1. The molecule has 0 aliphatic heterocycles. The van der Waals surface area contributed by atoms with Gasteiger partial charge in [-0.3, -0.25) is 5.43 Å². The summed E-state index contributed by atoms with van der Waals surface area (Å²) in [5, 5.41) is 4.90. The lowest BCUT2D eigenvalue weighted by Gasteiger charge is -2.06. The minimum absolute atomic E-state index is 0.680. The molecule has 4 heteroatoms. The SMILES string of the molecule is Clc1cccc(NN=Cc2ccc(OCCCc3ccccc3)cc2)c1. The maximum absolute atomic E-state index is 5.94. The maximum Gasteiger partial charge on any atom is 0.119 e. The lowest BCUT2D eigenvalue weighted by molar-refractivity contribution is 0.311. The molecule has 0 heterocycles. The number of hydrogen-bond acceptors (Lipinski definition) is 3. The van der Waals surface area contributed by atoms with Crippen LogP contribution in [-0.4, -0.2) is 12.8 Å². The Kier molecular flexibility index (Phi) is 6.68. The van der Waals surface area contributed by atoms with Crippen LogP contribution in [0.2, 0.25) is 5.02 Å². The Morgan fingerprint density at radius 2 is 1.73 bits per heavy atom. The third-order valence-electron chi connectivity index (χ3n) is 3.83. The van der Waals surface area contributed by atoms with Crippen molar-refractivity contribution in [2.24, 2.45) is 5.10 Å². The van der Waals surface area contributed by atoms with Crippen molar-refractivity contribution in [3.05, 3.63) is 95.0 Å². The van der Waals surface area contributed by atoms with Crippen LogP contribution in [0.15, 0.2) is 84.0 Å². The largest absolute Gasteiger partial charge is 0.494 e. The first kappa shape index (κ1) is 18.0. The van der Waals surface area contributed by atoms with Gasteiger partial charge in [0.05, 0.1) is 18.5 Å². The molecule has 0 bridgehead atoms. The van der Waals surface area contributed by atoms with E-state index in [1.807, 2.05) is 54.6 Å². The Morgan fingerprint density at radius 1 is 0.923 bits per heavy atom. The summed E-state index contributed by atoms with van der Waals surface area (Å²) in [4.78, 5) is 0. The van der Waals surface area contributed by atoms with E-state index in [0.717, 1.165) is 29.8 Å². The number of rotatable bonds is 8. The number of hydrogen-bond donors (Lipinski definition) is 1. The molecule has 0 saturated carbocycles. The predicted octanol–water partition coefficient (Wildman–Crippen LogP) is 5.80. The second-order valence-electron chi connectivity index (χ2n) is 5.89. The van der Waals surface area contributed by atoms with Crippen molar-refractivity contribution in [3.63, 3.8) is 0 Å². The smallest absolute Gasteiger partial charge is 0.119 e. The van der Waals surface area contributed by atoms with Crippen molar-refractivity contribution >= 4 is 23.5 Å². The molecule has 0 aliphatic rings. The van der Waals surface area contributed by atoms with Crippen LogP contribution in [0.4, 0.5) is 5.69 Å². The fourth-order valence-electron chi connectivity index (χ4n) is 2.50. The zero-order valence-electron chi connectivity index (χ0n) is 14.4. The fourth-order valence-corrected chi connectivity index (χ4v) is 2.69. The monoisotopic (exact) mass is 364 g/mol. The molecule has 0 aliphatic carbocycles. The number of halogens is 1. The molecule has 3 aromatic rings. The summed E-state index contributed by atoms with van der Waals surface area (Å²) >= 11 is 5.94. The van der Waals surface area contributed by atoms with Crippen molar-refractivity contribution in [3.8, 4) is 5.75 Å². The van der Waals surface area contributed by atoms with Crippen molar-refractivity contribution in [1.29, 1.82) is 0 Å².